The van der Waals surface area contributed by atoms with Gasteiger partial charge in [0.2, 0.25) is 0 Å². The second-order valence-corrected chi connectivity index (χ2v) is 3.48. The number of aromatic hydroxyl groups is 2. The van der Waals surface area contributed by atoms with Crippen molar-refractivity contribution in [3.05, 3.63) is 36.4 Å². The van der Waals surface area contributed by atoms with Crippen LogP contribution in [0.1, 0.15) is 7.43 Å². The number of hydrogen-bond donors (Lipinski definition) is 4. The maximum atomic E-state index is 9.75. The van der Waals surface area contributed by atoms with E-state index in [-0.39, 0.29) is 24.6 Å². The molecular weight excluding hydrogens is 216 g/mol. The van der Waals surface area contributed by atoms with Gasteiger partial charge < -0.3 is 21.7 Å². The van der Waals surface area contributed by atoms with Crippen molar-refractivity contribution in [3.8, 4) is 22.6 Å². The molecule has 2 rings (SSSR count). The Kier molecular flexibility index (Phi) is 3.48. The van der Waals surface area contributed by atoms with E-state index < -0.39 is 0 Å². The van der Waals surface area contributed by atoms with Crippen molar-refractivity contribution in [3.63, 3.8) is 0 Å². The summed E-state index contributed by atoms with van der Waals surface area (Å²) in [6.07, 6.45) is 0. The third kappa shape index (κ3) is 2.10. The minimum absolute atomic E-state index is 0. The number of phenolic OH excluding ortho intramolecular Hbond substituents is 2. The maximum Gasteiger partial charge on any atom is 0.125 e. The summed E-state index contributed by atoms with van der Waals surface area (Å²) in [6.45, 7) is 0. The second-order valence-electron chi connectivity index (χ2n) is 3.48. The Hall–Kier alpha value is -2.36. The fourth-order valence-corrected chi connectivity index (χ4v) is 1.59. The molecule has 0 atom stereocenters. The molecule has 90 valence electrons. The monoisotopic (exact) mass is 232 g/mol. The molecule has 17 heavy (non-hydrogen) atoms. The zero-order valence-corrected chi connectivity index (χ0v) is 8.51. The van der Waals surface area contributed by atoms with Crippen LogP contribution in [-0.4, -0.2) is 10.2 Å². The van der Waals surface area contributed by atoms with Crippen molar-refractivity contribution in [1.82, 2.24) is 0 Å². The van der Waals surface area contributed by atoms with Gasteiger partial charge in [-0.05, 0) is 18.2 Å². The highest BCUT2D eigenvalue weighted by molar-refractivity contribution is 5.90. The molecule has 0 aromatic heterocycles. The van der Waals surface area contributed by atoms with E-state index in [1.165, 1.54) is 18.2 Å². The molecule has 0 saturated carbocycles. The third-order valence-corrected chi connectivity index (χ3v) is 2.43. The Morgan fingerprint density at radius 3 is 2.12 bits per heavy atom. The third-order valence-electron chi connectivity index (χ3n) is 2.43. The first kappa shape index (κ1) is 12.7. The Bertz CT molecular complexity index is 539. The maximum absolute atomic E-state index is 9.75. The van der Waals surface area contributed by atoms with Gasteiger partial charge in [0.05, 0.1) is 16.9 Å². The van der Waals surface area contributed by atoms with Gasteiger partial charge in [0.25, 0.3) is 0 Å². The predicted molar refractivity (Wildman–Crippen MR) is 70.8 cm³/mol. The fourth-order valence-electron chi connectivity index (χ4n) is 1.59. The van der Waals surface area contributed by atoms with Crippen LogP contribution < -0.4 is 11.5 Å². The van der Waals surface area contributed by atoms with E-state index in [1.807, 2.05) is 0 Å². The lowest BCUT2D eigenvalue weighted by Crippen LogP contribution is -1.97. The molecule has 0 aliphatic rings. The number of phenols is 2. The highest BCUT2D eigenvalue weighted by Crippen LogP contribution is 2.41. The minimum Gasteiger partial charge on any atom is -0.507 e. The summed E-state index contributed by atoms with van der Waals surface area (Å²) in [5.74, 6) is 0.0447. The summed E-state index contributed by atoms with van der Waals surface area (Å²) in [4.78, 5) is 0. The van der Waals surface area contributed by atoms with Gasteiger partial charge in [0, 0.05) is 5.56 Å². The predicted octanol–water partition coefficient (Wildman–Crippen LogP) is 2.57. The van der Waals surface area contributed by atoms with Crippen molar-refractivity contribution < 1.29 is 10.2 Å². The van der Waals surface area contributed by atoms with E-state index in [1.54, 1.807) is 18.2 Å². The number of nitrogens with two attached hydrogens (primary N) is 2. The molecule has 0 radical (unpaired) electrons. The van der Waals surface area contributed by atoms with Crippen molar-refractivity contribution in [2.24, 2.45) is 0 Å². The molecule has 0 bridgehead atoms. The molecule has 0 saturated heterocycles. The Morgan fingerprint density at radius 2 is 1.47 bits per heavy atom. The van der Waals surface area contributed by atoms with Crippen LogP contribution in [0, 0.1) is 0 Å². The van der Waals surface area contributed by atoms with Crippen molar-refractivity contribution in [1.29, 1.82) is 0 Å². The zero-order valence-electron chi connectivity index (χ0n) is 8.51. The van der Waals surface area contributed by atoms with E-state index in [9.17, 15) is 10.2 Å². The molecule has 4 nitrogen and oxygen atoms in total. The molecule has 6 N–H and O–H groups in total. The molecule has 0 fully saturated rings. The smallest absolute Gasteiger partial charge is 0.125 e. The van der Waals surface area contributed by atoms with Crippen LogP contribution in [0.3, 0.4) is 0 Å². The fraction of sp³-hybridized carbons (Fsp3) is 0.0769. The second kappa shape index (κ2) is 4.65. The molecule has 0 aliphatic carbocycles. The largest absolute Gasteiger partial charge is 0.507 e. The van der Waals surface area contributed by atoms with Crippen molar-refractivity contribution in [2.45, 2.75) is 7.43 Å². The normalized spacial score (nSPS) is 9.65. The minimum atomic E-state index is -0.00630. The quantitative estimate of drug-likeness (QED) is 0.449. The van der Waals surface area contributed by atoms with Crippen LogP contribution in [0.4, 0.5) is 11.4 Å². The van der Waals surface area contributed by atoms with Crippen molar-refractivity contribution in [2.75, 3.05) is 11.5 Å². The molecule has 0 unspecified atom stereocenters. The molecule has 0 spiro atoms. The summed E-state index contributed by atoms with van der Waals surface area (Å²) < 4.78 is 0. The Balaban J connectivity index is 0.00000144. The van der Waals surface area contributed by atoms with Crippen molar-refractivity contribution >= 4 is 11.4 Å². The average molecular weight is 232 g/mol. The highest BCUT2D eigenvalue weighted by atomic mass is 16.3. The summed E-state index contributed by atoms with van der Waals surface area (Å²) in [7, 11) is 0. The van der Waals surface area contributed by atoms with Gasteiger partial charge in [0.1, 0.15) is 11.5 Å². The Labute approximate surface area is 100 Å². The van der Waals surface area contributed by atoms with E-state index in [0.29, 0.717) is 16.8 Å². The zero-order chi connectivity index (χ0) is 11.7. The standard InChI is InChI=1S/C12H12N2O2.CH4/c13-8-5-6-10(16)11(12(8)14)7-3-1-2-4-9(7)15;/h1-6,15-16H,13-14H2;1H4. The first-order chi connectivity index (χ1) is 7.61. The first-order valence-electron chi connectivity index (χ1n) is 4.76. The summed E-state index contributed by atoms with van der Waals surface area (Å²) in [5.41, 5.74) is 12.9. The van der Waals surface area contributed by atoms with E-state index in [0.717, 1.165) is 0 Å². The van der Waals surface area contributed by atoms with E-state index >= 15 is 0 Å². The molecule has 0 heterocycles. The molecule has 0 aliphatic heterocycles. The number of rotatable bonds is 1. The Morgan fingerprint density at radius 1 is 0.824 bits per heavy atom. The summed E-state index contributed by atoms with van der Waals surface area (Å²) in [6, 6.07) is 9.61. The van der Waals surface area contributed by atoms with Gasteiger partial charge in [-0.1, -0.05) is 25.6 Å². The van der Waals surface area contributed by atoms with Gasteiger partial charge in [0.15, 0.2) is 0 Å². The lowest BCUT2D eigenvalue weighted by Gasteiger charge is -2.11. The van der Waals surface area contributed by atoms with Gasteiger partial charge in [-0.2, -0.15) is 0 Å². The van der Waals surface area contributed by atoms with E-state index in [4.69, 9.17) is 11.5 Å². The SMILES string of the molecule is C.Nc1ccc(O)c(-c2ccccc2O)c1N. The molecule has 2 aromatic carbocycles. The number of benzene rings is 2. The lowest BCUT2D eigenvalue weighted by molar-refractivity contribution is 0.469. The first-order valence-corrected chi connectivity index (χ1v) is 4.76. The number of hydrogen-bond acceptors (Lipinski definition) is 4. The summed E-state index contributed by atoms with van der Waals surface area (Å²) in [5, 5.41) is 19.4. The molecule has 0 amide bonds. The van der Waals surface area contributed by atoms with Crippen LogP contribution in [0.15, 0.2) is 36.4 Å². The van der Waals surface area contributed by atoms with Gasteiger partial charge in [-0.3, -0.25) is 0 Å². The van der Waals surface area contributed by atoms with Crippen LogP contribution in [0.25, 0.3) is 11.1 Å². The molecule has 4 heteroatoms. The van der Waals surface area contributed by atoms with Crippen LogP contribution in [-0.2, 0) is 0 Å². The number of anilines is 2. The van der Waals surface area contributed by atoms with Gasteiger partial charge in [-0.15, -0.1) is 0 Å². The number of nitrogen functional groups attached to an aromatic ring is 2. The van der Waals surface area contributed by atoms with Crippen LogP contribution in [0.5, 0.6) is 11.5 Å². The molecular formula is C13H16N2O2. The number of para-hydroxylation sites is 1. The average Bonchev–Trinajstić information content (AvgIpc) is 2.27. The van der Waals surface area contributed by atoms with E-state index in [2.05, 4.69) is 0 Å². The summed E-state index contributed by atoms with van der Waals surface area (Å²) >= 11 is 0. The van der Waals surface area contributed by atoms with Crippen LogP contribution >= 0.6 is 0 Å². The van der Waals surface area contributed by atoms with Gasteiger partial charge in [-0.25, -0.2) is 0 Å². The topological polar surface area (TPSA) is 92.5 Å². The molecule has 2 aromatic rings. The highest BCUT2D eigenvalue weighted by Gasteiger charge is 2.13. The lowest BCUT2D eigenvalue weighted by atomic mass is 10.0. The van der Waals surface area contributed by atoms with Crippen LogP contribution in [0.2, 0.25) is 0 Å². The van der Waals surface area contributed by atoms with Gasteiger partial charge >= 0.3 is 0 Å².